The van der Waals surface area contributed by atoms with Crippen LogP contribution in [-0.2, 0) is 0 Å². The van der Waals surface area contributed by atoms with Gasteiger partial charge in [-0.2, -0.15) is 0 Å². The van der Waals surface area contributed by atoms with Crippen LogP contribution in [0.3, 0.4) is 0 Å². The molecule has 3 aliphatic heterocycles. The summed E-state index contributed by atoms with van der Waals surface area (Å²) < 4.78 is 2.75. The van der Waals surface area contributed by atoms with Crippen molar-refractivity contribution in [2.75, 3.05) is 13.1 Å². The Balaban J connectivity index is 0.00000120. The van der Waals surface area contributed by atoms with Gasteiger partial charge in [-0.3, -0.25) is 9.48 Å². The zero-order valence-corrected chi connectivity index (χ0v) is 13.3. The maximum atomic E-state index is 2.78. The minimum Gasteiger partial charge on any atom is -1.00 e. The van der Waals surface area contributed by atoms with Crippen molar-refractivity contribution >= 4 is 5.84 Å². The molecular formula is C15H27BrN2. The van der Waals surface area contributed by atoms with Crippen molar-refractivity contribution < 1.29 is 21.6 Å². The smallest absolute Gasteiger partial charge is 0.247 e. The molecule has 0 N–H and O–H groups in total. The fraction of sp³-hybridized carbons (Fsp3) is 0.933. The van der Waals surface area contributed by atoms with Crippen LogP contribution in [0.15, 0.2) is 0 Å². The van der Waals surface area contributed by atoms with E-state index >= 15 is 0 Å². The monoisotopic (exact) mass is 314 g/mol. The van der Waals surface area contributed by atoms with Crippen LogP contribution in [0.5, 0.6) is 0 Å². The number of hydrogen-bond acceptors (Lipinski definition) is 1. The van der Waals surface area contributed by atoms with Crippen LogP contribution in [-0.4, -0.2) is 40.5 Å². The minimum absolute atomic E-state index is 0. The maximum absolute atomic E-state index is 2.78. The summed E-state index contributed by atoms with van der Waals surface area (Å²) in [5.41, 5.74) is 0. The Labute approximate surface area is 122 Å². The first-order valence-corrected chi connectivity index (χ1v) is 7.79. The predicted octanol–water partition coefficient (Wildman–Crippen LogP) is 0.0122. The van der Waals surface area contributed by atoms with Gasteiger partial charge < -0.3 is 17.0 Å². The van der Waals surface area contributed by atoms with Gasteiger partial charge in [-0.05, 0) is 32.1 Å². The number of hydrogen-bond donors (Lipinski definition) is 0. The van der Waals surface area contributed by atoms with E-state index in [1.807, 2.05) is 0 Å². The van der Waals surface area contributed by atoms with E-state index in [1.54, 1.807) is 5.84 Å². The summed E-state index contributed by atoms with van der Waals surface area (Å²) in [7, 11) is 0. The Morgan fingerprint density at radius 3 is 3.00 bits per heavy atom. The van der Waals surface area contributed by atoms with Gasteiger partial charge in [0.05, 0.1) is 31.6 Å². The molecule has 2 nitrogen and oxygen atoms in total. The summed E-state index contributed by atoms with van der Waals surface area (Å²) in [6.07, 6.45) is 12.8. The third kappa shape index (κ3) is 2.61. The molecule has 104 valence electrons. The van der Waals surface area contributed by atoms with Crippen LogP contribution in [0.1, 0.15) is 64.7 Å². The third-order valence-corrected chi connectivity index (χ3v) is 4.97. The second-order valence-electron chi connectivity index (χ2n) is 6.09. The van der Waals surface area contributed by atoms with Crippen LogP contribution in [0, 0.1) is 0 Å². The first-order valence-electron chi connectivity index (χ1n) is 7.79. The molecule has 3 rings (SSSR count). The highest BCUT2D eigenvalue weighted by Crippen LogP contribution is 2.31. The number of fused-ring (bicyclic) bond motifs is 2. The molecule has 2 atom stereocenters. The number of amidine groups is 1. The Hall–Kier alpha value is -0.0500. The van der Waals surface area contributed by atoms with Gasteiger partial charge in [-0.1, -0.05) is 19.8 Å². The second-order valence-corrected chi connectivity index (χ2v) is 6.09. The number of halogens is 1. The number of nitrogens with zero attached hydrogens (tertiary/aromatic N) is 2. The molecule has 0 aromatic carbocycles. The fourth-order valence-corrected chi connectivity index (χ4v) is 4.15. The van der Waals surface area contributed by atoms with Crippen LogP contribution >= 0.6 is 0 Å². The normalized spacial score (nSPS) is 30.2. The molecule has 2 fully saturated rings. The Morgan fingerprint density at radius 2 is 2.17 bits per heavy atom. The molecular weight excluding hydrogens is 288 g/mol. The molecule has 0 aromatic heterocycles. The summed E-state index contributed by atoms with van der Waals surface area (Å²) in [5, 5.41) is 0. The first-order chi connectivity index (χ1) is 8.40. The van der Waals surface area contributed by atoms with E-state index in [2.05, 4.69) is 16.4 Å². The van der Waals surface area contributed by atoms with Gasteiger partial charge in [0.1, 0.15) is 0 Å². The summed E-state index contributed by atoms with van der Waals surface area (Å²) in [4.78, 5) is 2.78. The maximum Gasteiger partial charge on any atom is 0.247 e. The standard InChI is InChI=1S/C15H27N2.BrH/c1-2-3-4-7-13-12-14-8-5-10-16(14)15-9-6-11-17(13)15;/h13-14H,2-12H2,1H3;1H/q+1;/p-1/t13-,14+;/m1./s1. The van der Waals surface area contributed by atoms with Crippen molar-refractivity contribution in [2.45, 2.75) is 76.8 Å². The van der Waals surface area contributed by atoms with Crippen molar-refractivity contribution in [1.82, 2.24) is 4.90 Å². The second kappa shape index (κ2) is 6.40. The molecule has 0 unspecified atom stereocenters. The van der Waals surface area contributed by atoms with E-state index in [0.29, 0.717) is 0 Å². The fourth-order valence-electron chi connectivity index (χ4n) is 4.15. The molecule has 3 heterocycles. The molecule has 18 heavy (non-hydrogen) atoms. The summed E-state index contributed by atoms with van der Waals surface area (Å²) in [6, 6.07) is 1.80. The Kier molecular flexibility index (Phi) is 5.11. The van der Waals surface area contributed by atoms with Crippen LogP contribution in [0.25, 0.3) is 0 Å². The molecule has 0 aromatic rings. The van der Waals surface area contributed by atoms with E-state index in [1.165, 1.54) is 70.9 Å². The third-order valence-electron chi connectivity index (χ3n) is 4.97. The van der Waals surface area contributed by atoms with Gasteiger partial charge in [-0.25, -0.2) is 0 Å². The largest absolute Gasteiger partial charge is 1.00 e. The van der Waals surface area contributed by atoms with E-state index in [9.17, 15) is 0 Å². The van der Waals surface area contributed by atoms with Crippen molar-refractivity contribution in [1.29, 1.82) is 0 Å². The van der Waals surface area contributed by atoms with Gasteiger partial charge in [-0.15, -0.1) is 0 Å². The van der Waals surface area contributed by atoms with Gasteiger partial charge in [0, 0.05) is 6.42 Å². The van der Waals surface area contributed by atoms with Crippen molar-refractivity contribution in [3.05, 3.63) is 0 Å². The van der Waals surface area contributed by atoms with Crippen LogP contribution < -0.4 is 17.0 Å². The molecule has 0 aliphatic carbocycles. The lowest BCUT2D eigenvalue weighted by molar-refractivity contribution is -0.557. The quantitative estimate of drug-likeness (QED) is 0.523. The molecule has 3 aliphatic rings. The zero-order valence-electron chi connectivity index (χ0n) is 11.7. The average Bonchev–Trinajstić information content (AvgIpc) is 2.96. The molecule has 0 bridgehead atoms. The van der Waals surface area contributed by atoms with E-state index in [0.717, 1.165) is 12.1 Å². The molecule has 0 saturated carbocycles. The molecule has 0 spiro atoms. The highest BCUT2D eigenvalue weighted by atomic mass is 79.9. The zero-order chi connectivity index (χ0) is 11.7. The Bertz CT molecular complexity index is 314. The van der Waals surface area contributed by atoms with E-state index < -0.39 is 0 Å². The molecule has 0 radical (unpaired) electrons. The van der Waals surface area contributed by atoms with Gasteiger partial charge in [0.2, 0.25) is 5.84 Å². The van der Waals surface area contributed by atoms with Gasteiger partial charge in [0.15, 0.2) is 0 Å². The molecule has 2 saturated heterocycles. The lowest BCUT2D eigenvalue weighted by atomic mass is 9.96. The summed E-state index contributed by atoms with van der Waals surface area (Å²) in [5.74, 6) is 1.72. The minimum atomic E-state index is 0. The highest BCUT2D eigenvalue weighted by Gasteiger charge is 2.44. The molecule has 0 amide bonds. The first kappa shape index (κ1) is 14.4. The number of rotatable bonds is 4. The lowest BCUT2D eigenvalue weighted by Gasteiger charge is -2.32. The topological polar surface area (TPSA) is 6.25 Å². The predicted molar refractivity (Wildman–Crippen MR) is 71.6 cm³/mol. The summed E-state index contributed by atoms with van der Waals surface area (Å²) in [6.45, 7) is 5.00. The van der Waals surface area contributed by atoms with Gasteiger partial charge in [0.25, 0.3) is 0 Å². The van der Waals surface area contributed by atoms with Crippen LogP contribution in [0.4, 0.5) is 0 Å². The van der Waals surface area contributed by atoms with Crippen LogP contribution in [0.2, 0.25) is 0 Å². The van der Waals surface area contributed by atoms with Crippen molar-refractivity contribution in [3.8, 4) is 0 Å². The van der Waals surface area contributed by atoms with Crippen molar-refractivity contribution in [2.24, 2.45) is 0 Å². The van der Waals surface area contributed by atoms with E-state index in [4.69, 9.17) is 0 Å². The summed E-state index contributed by atoms with van der Waals surface area (Å²) >= 11 is 0. The molecule has 3 heteroatoms. The lowest BCUT2D eigenvalue weighted by Crippen LogP contribution is -3.00. The highest BCUT2D eigenvalue weighted by molar-refractivity contribution is 5.80. The van der Waals surface area contributed by atoms with E-state index in [-0.39, 0.29) is 17.0 Å². The number of unbranched alkanes of at least 4 members (excludes halogenated alkanes) is 2. The average molecular weight is 315 g/mol. The SMILES string of the molecule is CCCCC[C@@H]1C[C@@H]2CCC[N+]2=C2CCCN21.[Br-]. The Morgan fingerprint density at radius 1 is 1.28 bits per heavy atom. The van der Waals surface area contributed by atoms with Crippen molar-refractivity contribution in [3.63, 3.8) is 0 Å². The van der Waals surface area contributed by atoms with Gasteiger partial charge >= 0.3 is 0 Å².